The Balaban J connectivity index is 1.50. The zero-order valence-corrected chi connectivity index (χ0v) is 21.9. The maximum absolute atomic E-state index is 12.4. The van der Waals surface area contributed by atoms with Crippen LogP contribution in [0.3, 0.4) is 0 Å². The number of carbonyl (C=O) groups is 3. The summed E-state index contributed by atoms with van der Waals surface area (Å²) in [6, 6.07) is 8.77. The van der Waals surface area contributed by atoms with Crippen LogP contribution in [-0.4, -0.2) is 56.9 Å². The number of hydrazone groups is 1. The largest absolute Gasteiger partial charge is 0.493 e. The van der Waals surface area contributed by atoms with Crippen molar-refractivity contribution < 1.29 is 28.6 Å². The Hall–Kier alpha value is -3.44. The van der Waals surface area contributed by atoms with Crippen molar-refractivity contribution in [1.29, 1.82) is 0 Å². The molecule has 1 saturated heterocycles. The number of amides is 3. The second-order valence-corrected chi connectivity index (χ2v) is 9.12. The molecule has 11 heteroatoms. The molecule has 0 unspecified atom stereocenters. The molecule has 2 aromatic rings. The molecule has 0 aromatic heterocycles. The van der Waals surface area contributed by atoms with Crippen LogP contribution in [0.1, 0.15) is 29.5 Å². The normalized spacial score (nSPS) is 14.9. The van der Waals surface area contributed by atoms with E-state index in [0.717, 1.165) is 34.1 Å². The third kappa shape index (κ3) is 7.79. The summed E-state index contributed by atoms with van der Waals surface area (Å²) in [4.78, 5) is 36.2. The molecule has 1 heterocycles. The van der Waals surface area contributed by atoms with Gasteiger partial charge in [0.05, 0.1) is 19.4 Å². The maximum atomic E-state index is 12.4. The molecule has 1 fully saturated rings. The number of carbonyl (C=O) groups excluding carboxylic acids is 3. The number of anilines is 1. The molecule has 3 N–H and O–H groups in total. The van der Waals surface area contributed by atoms with Crippen LogP contribution in [0.15, 0.2) is 39.9 Å². The van der Waals surface area contributed by atoms with Gasteiger partial charge >= 0.3 is 11.8 Å². The van der Waals surface area contributed by atoms with Crippen molar-refractivity contribution in [3.05, 3.63) is 51.5 Å². The Morgan fingerprint density at radius 1 is 1.14 bits per heavy atom. The number of rotatable bonds is 9. The van der Waals surface area contributed by atoms with Crippen LogP contribution in [0.5, 0.6) is 11.5 Å². The van der Waals surface area contributed by atoms with Crippen molar-refractivity contribution >= 4 is 45.6 Å². The third-order valence-electron chi connectivity index (χ3n) is 5.41. The number of nitrogens with zero attached hydrogens (tertiary/aromatic N) is 1. The van der Waals surface area contributed by atoms with E-state index in [2.05, 4.69) is 37.1 Å². The van der Waals surface area contributed by atoms with Gasteiger partial charge in [0, 0.05) is 23.3 Å². The van der Waals surface area contributed by atoms with Gasteiger partial charge in [-0.05, 0) is 73.7 Å². The van der Waals surface area contributed by atoms with Crippen molar-refractivity contribution in [3.63, 3.8) is 0 Å². The number of aryl methyl sites for hydroxylation is 2. The molecule has 0 radical (unpaired) electrons. The average Bonchev–Trinajstić information content (AvgIpc) is 3.37. The van der Waals surface area contributed by atoms with Crippen LogP contribution in [0.2, 0.25) is 0 Å². The SMILES string of the molecule is COc1cc(/C=N\NC(=O)C(=O)NC[C@H]2CCCO2)ccc1OCC(=O)Nc1c(C)cc(Br)cc1C. The van der Waals surface area contributed by atoms with Gasteiger partial charge in [-0.3, -0.25) is 14.4 Å². The molecule has 36 heavy (non-hydrogen) atoms. The number of benzene rings is 2. The fourth-order valence-corrected chi connectivity index (χ4v) is 4.31. The van der Waals surface area contributed by atoms with Gasteiger partial charge in [0.25, 0.3) is 5.91 Å². The highest BCUT2D eigenvalue weighted by Crippen LogP contribution is 2.28. The van der Waals surface area contributed by atoms with Gasteiger partial charge in [0.2, 0.25) is 0 Å². The fourth-order valence-electron chi connectivity index (χ4n) is 3.62. The van der Waals surface area contributed by atoms with E-state index in [1.807, 2.05) is 26.0 Å². The van der Waals surface area contributed by atoms with Crippen LogP contribution in [0.4, 0.5) is 5.69 Å². The first kappa shape index (κ1) is 27.2. The van der Waals surface area contributed by atoms with E-state index < -0.39 is 11.8 Å². The highest BCUT2D eigenvalue weighted by atomic mass is 79.9. The van der Waals surface area contributed by atoms with Crippen molar-refractivity contribution in [2.75, 3.05) is 32.2 Å². The highest BCUT2D eigenvalue weighted by molar-refractivity contribution is 9.10. The predicted octanol–water partition coefficient (Wildman–Crippen LogP) is 2.84. The molecule has 192 valence electrons. The zero-order valence-electron chi connectivity index (χ0n) is 20.4. The van der Waals surface area contributed by atoms with Crippen molar-refractivity contribution in [3.8, 4) is 11.5 Å². The number of ether oxygens (including phenoxy) is 3. The van der Waals surface area contributed by atoms with E-state index in [4.69, 9.17) is 14.2 Å². The standard InChI is InChI=1S/C25H29BrN4O6/c1-15-9-18(26)10-16(2)23(15)29-22(31)14-36-20-7-6-17(11-21(20)34-3)12-28-30-25(33)24(32)27-13-19-5-4-8-35-19/h6-7,9-12,19H,4-5,8,13-14H2,1-3H3,(H,27,32)(H,29,31)(H,30,33)/b28-12-/t19-/m1/s1. The monoisotopic (exact) mass is 560 g/mol. The molecule has 3 rings (SSSR count). The summed E-state index contributed by atoms with van der Waals surface area (Å²) in [6.07, 6.45) is 3.11. The Labute approximate surface area is 217 Å². The lowest BCUT2D eigenvalue weighted by atomic mass is 10.1. The summed E-state index contributed by atoms with van der Waals surface area (Å²) < 4.78 is 17.3. The van der Waals surface area contributed by atoms with Gasteiger partial charge in [0.15, 0.2) is 18.1 Å². The topological polar surface area (TPSA) is 127 Å². The first-order valence-electron chi connectivity index (χ1n) is 11.4. The molecular weight excluding hydrogens is 532 g/mol. The summed E-state index contributed by atoms with van der Waals surface area (Å²) in [5.41, 5.74) is 5.38. The Morgan fingerprint density at radius 3 is 2.56 bits per heavy atom. The van der Waals surface area contributed by atoms with Crippen molar-refractivity contribution in [2.45, 2.75) is 32.8 Å². The molecule has 2 aromatic carbocycles. The van der Waals surface area contributed by atoms with Crippen LogP contribution in [0.25, 0.3) is 0 Å². The van der Waals surface area contributed by atoms with Crippen LogP contribution < -0.4 is 25.5 Å². The summed E-state index contributed by atoms with van der Waals surface area (Å²) in [6.45, 7) is 4.57. The van der Waals surface area contributed by atoms with Gasteiger partial charge in [-0.15, -0.1) is 0 Å². The number of nitrogens with one attached hydrogen (secondary N) is 3. The van der Waals surface area contributed by atoms with Crippen molar-refractivity contribution in [1.82, 2.24) is 10.7 Å². The summed E-state index contributed by atoms with van der Waals surface area (Å²) in [5.74, 6) is -1.22. The van der Waals surface area contributed by atoms with Crippen LogP contribution in [-0.2, 0) is 19.1 Å². The smallest absolute Gasteiger partial charge is 0.329 e. The number of methoxy groups -OCH3 is 1. The number of halogens is 1. The van der Waals surface area contributed by atoms with E-state index in [9.17, 15) is 14.4 Å². The van der Waals surface area contributed by atoms with Gasteiger partial charge in [0.1, 0.15) is 0 Å². The summed E-state index contributed by atoms with van der Waals surface area (Å²) in [7, 11) is 1.47. The van der Waals surface area contributed by atoms with E-state index in [-0.39, 0.29) is 25.2 Å². The number of hydrogen-bond donors (Lipinski definition) is 3. The second-order valence-electron chi connectivity index (χ2n) is 8.21. The van der Waals surface area contributed by atoms with Gasteiger partial charge in [-0.1, -0.05) is 15.9 Å². The quantitative estimate of drug-likeness (QED) is 0.246. The summed E-state index contributed by atoms with van der Waals surface area (Å²) in [5, 5.41) is 9.21. The molecule has 0 aliphatic carbocycles. The zero-order chi connectivity index (χ0) is 26.1. The minimum Gasteiger partial charge on any atom is -0.493 e. The molecule has 1 atom stereocenters. The minimum absolute atomic E-state index is 0.0569. The Kier molecular flexibility index (Phi) is 9.83. The molecule has 1 aliphatic heterocycles. The van der Waals surface area contributed by atoms with E-state index in [1.165, 1.54) is 13.3 Å². The Morgan fingerprint density at radius 2 is 1.89 bits per heavy atom. The molecule has 1 aliphatic rings. The lowest BCUT2D eigenvalue weighted by molar-refractivity contribution is -0.139. The number of hydrogen-bond acceptors (Lipinski definition) is 7. The molecule has 0 bridgehead atoms. The first-order valence-corrected chi connectivity index (χ1v) is 12.2. The molecule has 0 saturated carbocycles. The molecular formula is C25H29BrN4O6. The first-order chi connectivity index (χ1) is 17.3. The van der Waals surface area contributed by atoms with E-state index in [1.54, 1.807) is 18.2 Å². The lowest BCUT2D eigenvalue weighted by Gasteiger charge is -2.14. The lowest BCUT2D eigenvalue weighted by Crippen LogP contribution is -2.41. The second kappa shape index (κ2) is 13.0. The van der Waals surface area contributed by atoms with Crippen molar-refractivity contribution in [2.24, 2.45) is 5.10 Å². The third-order valence-corrected chi connectivity index (χ3v) is 5.87. The van der Waals surface area contributed by atoms with E-state index in [0.29, 0.717) is 23.7 Å². The van der Waals surface area contributed by atoms with Crippen LogP contribution in [0, 0.1) is 13.8 Å². The highest BCUT2D eigenvalue weighted by Gasteiger charge is 2.19. The van der Waals surface area contributed by atoms with Crippen LogP contribution >= 0.6 is 15.9 Å². The van der Waals surface area contributed by atoms with Gasteiger partial charge < -0.3 is 24.8 Å². The maximum Gasteiger partial charge on any atom is 0.329 e. The molecule has 0 spiro atoms. The molecule has 3 amide bonds. The average molecular weight is 561 g/mol. The Bertz CT molecular complexity index is 1120. The summed E-state index contributed by atoms with van der Waals surface area (Å²) >= 11 is 3.44. The van der Waals surface area contributed by atoms with E-state index >= 15 is 0 Å². The fraction of sp³-hybridized carbons (Fsp3) is 0.360. The minimum atomic E-state index is -0.876. The predicted molar refractivity (Wildman–Crippen MR) is 138 cm³/mol. The van der Waals surface area contributed by atoms with Gasteiger partial charge in [-0.2, -0.15) is 5.10 Å². The molecule has 10 nitrogen and oxygen atoms in total. The van der Waals surface area contributed by atoms with Gasteiger partial charge in [-0.25, -0.2) is 5.43 Å².